The van der Waals surface area contributed by atoms with Crippen molar-refractivity contribution in [3.05, 3.63) is 29.3 Å². The summed E-state index contributed by atoms with van der Waals surface area (Å²) in [5, 5.41) is 0. The van der Waals surface area contributed by atoms with Gasteiger partial charge in [0.2, 0.25) is 0 Å². The van der Waals surface area contributed by atoms with E-state index in [0.29, 0.717) is 30.2 Å². The van der Waals surface area contributed by atoms with Crippen LogP contribution in [0.2, 0.25) is 0 Å². The predicted octanol–water partition coefficient (Wildman–Crippen LogP) is 2.35. The summed E-state index contributed by atoms with van der Waals surface area (Å²) in [6.07, 6.45) is 0.359. The first-order valence-corrected chi connectivity index (χ1v) is 5.51. The fourth-order valence-corrected chi connectivity index (χ4v) is 1.57. The molecule has 0 aliphatic rings. The number of ether oxygens (including phenoxy) is 1. The van der Waals surface area contributed by atoms with E-state index in [9.17, 15) is 4.79 Å². The number of carbonyl (C=O) groups excluding carboxylic acids is 1. The molecule has 0 bridgehead atoms. The Kier molecular flexibility index (Phi) is 4.50. The van der Waals surface area contributed by atoms with Crippen LogP contribution in [0.5, 0.6) is 5.75 Å². The molecule has 3 heteroatoms. The largest absolute Gasteiger partial charge is 0.496 e. The Morgan fingerprint density at radius 1 is 1.44 bits per heavy atom. The second kappa shape index (κ2) is 5.66. The third-order valence-electron chi connectivity index (χ3n) is 2.56. The lowest BCUT2D eigenvalue weighted by atomic mass is 9.97. The first-order valence-electron chi connectivity index (χ1n) is 5.51. The molecule has 1 aromatic carbocycles. The molecule has 0 unspecified atom stereocenters. The van der Waals surface area contributed by atoms with Gasteiger partial charge in [-0.15, -0.1) is 0 Å². The molecule has 0 aromatic heterocycles. The van der Waals surface area contributed by atoms with Gasteiger partial charge in [0.05, 0.1) is 12.7 Å². The van der Waals surface area contributed by atoms with Crippen LogP contribution in [0.4, 0.5) is 0 Å². The first-order chi connectivity index (χ1) is 7.60. The Labute approximate surface area is 96.6 Å². The van der Waals surface area contributed by atoms with E-state index in [2.05, 4.69) is 13.8 Å². The fraction of sp³-hybridized carbons (Fsp3) is 0.462. The number of Topliss-reactive ketones (excluding diaryl/α,β-unsaturated/α-hetero) is 1. The molecule has 0 fully saturated rings. The van der Waals surface area contributed by atoms with Crippen LogP contribution >= 0.6 is 0 Å². The normalized spacial score (nSPS) is 10.6. The molecule has 0 heterocycles. The SMILES string of the molecule is COc1ccc(C(C)C)cc1C(=O)CCN. The number of benzene rings is 1. The lowest BCUT2D eigenvalue weighted by Crippen LogP contribution is -2.10. The number of methoxy groups -OCH3 is 1. The third kappa shape index (κ3) is 2.83. The zero-order valence-electron chi connectivity index (χ0n) is 10.1. The number of ketones is 1. The molecular formula is C13H19NO2. The van der Waals surface area contributed by atoms with E-state index in [0.717, 1.165) is 5.56 Å². The number of hydrogen-bond acceptors (Lipinski definition) is 3. The van der Waals surface area contributed by atoms with Gasteiger partial charge in [-0.1, -0.05) is 19.9 Å². The van der Waals surface area contributed by atoms with Crippen LogP contribution in [0.3, 0.4) is 0 Å². The molecule has 16 heavy (non-hydrogen) atoms. The smallest absolute Gasteiger partial charge is 0.167 e. The van der Waals surface area contributed by atoms with E-state index < -0.39 is 0 Å². The van der Waals surface area contributed by atoms with Crippen LogP contribution < -0.4 is 10.5 Å². The molecule has 0 saturated heterocycles. The lowest BCUT2D eigenvalue weighted by molar-refractivity contribution is 0.0982. The summed E-state index contributed by atoms with van der Waals surface area (Å²) in [4.78, 5) is 11.8. The van der Waals surface area contributed by atoms with Crippen LogP contribution in [-0.4, -0.2) is 19.4 Å². The monoisotopic (exact) mass is 221 g/mol. The maximum Gasteiger partial charge on any atom is 0.167 e. The van der Waals surface area contributed by atoms with Crippen molar-refractivity contribution in [2.75, 3.05) is 13.7 Å². The number of rotatable bonds is 5. The summed E-state index contributed by atoms with van der Waals surface area (Å²) in [6, 6.07) is 5.74. The fourth-order valence-electron chi connectivity index (χ4n) is 1.57. The van der Waals surface area contributed by atoms with Crippen molar-refractivity contribution >= 4 is 5.78 Å². The van der Waals surface area contributed by atoms with E-state index in [-0.39, 0.29) is 5.78 Å². The van der Waals surface area contributed by atoms with E-state index in [1.54, 1.807) is 7.11 Å². The van der Waals surface area contributed by atoms with Crippen molar-refractivity contribution in [3.63, 3.8) is 0 Å². The topological polar surface area (TPSA) is 52.3 Å². The maximum absolute atomic E-state index is 11.8. The molecule has 0 radical (unpaired) electrons. The number of hydrogen-bond donors (Lipinski definition) is 1. The van der Waals surface area contributed by atoms with Crippen LogP contribution in [-0.2, 0) is 0 Å². The van der Waals surface area contributed by atoms with Gasteiger partial charge in [-0.2, -0.15) is 0 Å². The first kappa shape index (κ1) is 12.7. The summed E-state index contributed by atoms with van der Waals surface area (Å²) >= 11 is 0. The molecule has 1 rings (SSSR count). The highest BCUT2D eigenvalue weighted by Crippen LogP contribution is 2.25. The van der Waals surface area contributed by atoms with Crippen LogP contribution in [0, 0.1) is 0 Å². The Morgan fingerprint density at radius 2 is 2.12 bits per heavy atom. The summed E-state index contributed by atoms with van der Waals surface area (Å²) in [6.45, 7) is 4.56. The predicted molar refractivity (Wildman–Crippen MR) is 65.1 cm³/mol. The van der Waals surface area contributed by atoms with Gasteiger partial charge >= 0.3 is 0 Å². The van der Waals surface area contributed by atoms with Crippen molar-refractivity contribution in [2.24, 2.45) is 5.73 Å². The Bertz CT molecular complexity index is 372. The van der Waals surface area contributed by atoms with Crippen molar-refractivity contribution in [3.8, 4) is 5.75 Å². The van der Waals surface area contributed by atoms with E-state index in [1.165, 1.54) is 0 Å². The second-order valence-electron chi connectivity index (χ2n) is 4.08. The van der Waals surface area contributed by atoms with Gasteiger partial charge in [0.25, 0.3) is 0 Å². The highest BCUT2D eigenvalue weighted by molar-refractivity contribution is 5.99. The minimum atomic E-state index is 0.0434. The second-order valence-corrected chi connectivity index (χ2v) is 4.08. The molecule has 0 amide bonds. The molecule has 0 spiro atoms. The lowest BCUT2D eigenvalue weighted by Gasteiger charge is -2.11. The molecule has 0 saturated carbocycles. The van der Waals surface area contributed by atoms with Gasteiger partial charge in [0.15, 0.2) is 5.78 Å². The van der Waals surface area contributed by atoms with Crippen LogP contribution in [0.1, 0.15) is 42.1 Å². The standard InChI is InChI=1S/C13H19NO2/c1-9(2)10-4-5-13(16-3)11(8-10)12(15)6-7-14/h4-5,8-9H,6-7,14H2,1-3H3. The average molecular weight is 221 g/mol. The number of nitrogens with two attached hydrogens (primary N) is 1. The Balaban J connectivity index is 3.11. The van der Waals surface area contributed by atoms with E-state index in [4.69, 9.17) is 10.5 Å². The molecule has 1 aromatic rings. The molecule has 0 aliphatic heterocycles. The van der Waals surface area contributed by atoms with Gasteiger partial charge in [0.1, 0.15) is 5.75 Å². The van der Waals surface area contributed by atoms with Crippen molar-refractivity contribution in [1.82, 2.24) is 0 Å². The van der Waals surface area contributed by atoms with Gasteiger partial charge in [0, 0.05) is 6.42 Å². The van der Waals surface area contributed by atoms with Gasteiger partial charge in [-0.05, 0) is 30.2 Å². The zero-order valence-corrected chi connectivity index (χ0v) is 10.1. The summed E-state index contributed by atoms with van der Waals surface area (Å²) in [5.41, 5.74) is 7.17. The Hall–Kier alpha value is -1.35. The van der Waals surface area contributed by atoms with E-state index in [1.807, 2.05) is 18.2 Å². The highest BCUT2D eigenvalue weighted by atomic mass is 16.5. The quantitative estimate of drug-likeness (QED) is 0.776. The summed E-state index contributed by atoms with van der Waals surface area (Å²) in [5.74, 6) is 1.07. The molecule has 0 aliphatic carbocycles. The molecule has 88 valence electrons. The number of carbonyl (C=O) groups is 1. The van der Waals surface area contributed by atoms with Crippen LogP contribution in [0.15, 0.2) is 18.2 Å². The van der Waals surface area contributed by atoms with Crippen LogP contribution in [0.25, 0.3) is 0 Å². The Morgan fingerprint density at radius 3 is 2.62 bits per heavy atom. The minimum Gasteiger partial charge on any atom is -0.496 e. The molecule has 2 N–H and O–H groups in total. The summed E-state index contributed by atoms with van der Waals surface area (Å²) in [7, 11) is 1.57. The third-order valence-corrected chi connectivity index (χ3v) is 2.56. The zero-order chi connectivity index (χ0) is 12.1. The van der Waals surface area contributed by atoms with Crippen molar-refractivity contribution in [1.29, 1.82) is 0 Å². The maximum atomic E-state index is 11.8. The van der Waals surface area contributed by atoms with Gasteiger partial charge in [-0.25, -0.2) is 0 Å². The summed E-state index contributed by atoms with van der Waals surface area (Å²) < 4.78 is 5.19. The van der Waals surface area contributed by atoms with Crippen molar-refractivity contribution < 1.29 is 9.53 Å². The highest BCUT2D eigenvalue weighted by Gasteiger charge is 2.13. The van der Waals surface area contributed by atoms with Crippen molar-refractivity contribution in [2.45, 2.75) is 26.2 Å². The minimum absolute atomic E-state index is 0.0434. The van der Waals surface area contributed by atoms with Gasteiger partial charge in [-0.3, -0.25) is 4.79 Å². The average Bonchev–Trinajstić information content (AvgIpc) is 2.28. The molecule has 0 atom stereocenters. The molecular weight excluding hydrogens is 202 g/mol. The van der Waals surface area contributed by atoms with Gasteiger partial charge < -0.3 is 10.5 Å². The molecule has 3 nitrogen and oxygen atoms in total. The van der Waals surface area contributed by atoms with E-state index >= 15 is 0 Å².